The van der Waals surface area contributed by atoms with E-state index in [0.29, 0.717) is 6.42 Å². The van der Waals surface area contributed by atoms with Crippen molar-refractivity contribution < 1.29 is 22.7 Å². The maximum atomic E-state index is 12.9. The van der Waals surface area contributed by atoms with Crippen molar-refractivity contribution in [2.75, 3.05) is 0 Å². The predicted molar refractivity (Wildman–Crippen MR) is 67.8 cm³/mol. The third-order valence-corrected chi connectivity index (χ3v) is 4.23. The zero-order valence-corrected chi connectivity index (χ0v) is 11.5. The van der Waals surface area contributed by atoms with E-state index >= 15 is 0 Å². The topological polar surface area (TPSA) is 83.5 Å². The highest BCUT2D eigenvalue weighted by atomic mass is 32.2. The minimum atomic E-state index is -3.97. The van der Waals surface area contributed by atoms with Gasteiger partial charge in [-0.05, 0) is 37.1 Å². The average molecular weight is 289 g/mol. The van der Waals surface area contributed by atoms with Crippen LogP contribution in [0.2, 0.25) is 0 Å². The Balaban J connectivity index is 3.06. The van der Waals surface area contributed by atoms with E-state index in [1.165, 1.54) is 6.92 Å². The number of sulfonamides is 1. The molecule has 0 amide bonds. The Kier molecular flexibility index (Phi) is 5.02. The van der Waals surface area contributed by atoms with Crippen LogP contribution in [-0.2, 0) is 14.8 Å². The summed E-state index contributed by atoms with van der Waals surface area (Å²) in [6.45, 7) is 3.21. The van der Waals surface area contributed by atoms with Gasteiger partial charge in [0.05, 0.1) is 4.90 Å². The molecule has 19 heavy (non-hydrogen) atoms. The Bertz CT molecular complexity index is 571. The van der Waals surface area contributed by atoms with Crippen molar-refractivity contribution in [3.8, 4) is 0 Å². The van der Waals surface area contributed by atoms with Gasteiger partial charge in [0.2, 0.25) is 10.0 Å². The molecule has 1 atom stereocenters. The molecule has 0 fully saturated rings. The Morgan fingerprint density at radius 2 is 2.11 bits per heavy atom. The molecule has 1 aromatic carbocycles. The average Bonchev–Trinajstić information content (AvgIpc) is 2.27. The van der Waals surface area contributed by atoms with E-state index in [4.69, 9.17) is 5.11 Å². The normalized spacial score (nSPS) is 13.2. The second kappa shape index (κ2) is 6.12. The summed E-state index contributed by atoms with van der Waals surface area (Å²) in [7, 11) is -3.97. The van der Waals surface area contributed by atoms with Gasteiger partial charge in [-0.1, -0.05) is 13.3 Å². The molecule has 5 nitrogen and oxygen atoms in total. The Hall–Kier alpha value is -1.47. The van der Waals surface area contributed by atoms with Crippen LogP contribution in [0.1, 0.15) is 25.3 Å². The largest absolute Gasteiger partial charge is 0.480 e. The van der Waals surface area contributed by atoms with E-state index in [1.807, 2.05) is 0 Å². The molecule has 0 aliphatic heterocycles. The van der Waals surface area contributed by atoms with Gasteiger partial charge in [0.25, 0.3) is 0 Å². The minimum Gasteiger partial charge on any atom is -0.480 e. The molecule has 0 saturated heterocycles. The monoisotopic (exact) mass is 289 g/mol. The number of carboxylic acids is 1. The third-order valence-electron chi connectivity index (χ3n) is 2.60. The highest BCUT2D eigenvalue weighted by Crippen LogP contribution is 2.17. The second-order valence-corrected chi connectivity index (χ2v) is 5.89. The van der Waals surface area contributed by atoms with Gasteiger partial charge in [-0.2, -0.15) is 4.72 Å². The van der Waals surface area contributed by atoms with Gasteiger partial charge >= 0.3 is 5.97 Å². The van der Waals surface area contributed by atoms with Crippen molar-refractivity contribution in [3.63, 3.8) is 0 Å². The number of halogens is 1. The van der Waals surface area contributed by atoms with Crippen LogP contribution in [0.5, 0.6) is 0 Å². The van der Waals surface area contributed by atoms with Crippen LogP contribution in [0.15, 0.2) is 23.1 Å². The van der Waals surface area contributed by atoms with Crippen molar-refractivity contribution in [1.29, 1.82) is 0 Å². The van der Waals surface area contributed by atoms with Crippen LogP contribution in [0.3, 0.4) is 0 Å². The molecule has 0 aliphatic rings. The van der Waals surface area contributed by atoms with Crippen LogP contribution in [-0.4, -0.2) is 25.5 Å². The standard InChI is InChI=1S/C12H16FNO4S/c1-3-4-10(12(15)16)14-19(17,18)11-6-5-9(13)7-8(11)2/h5-7,10,14H,3-4H2,1-2H3,(H,15,16). The highest BCUT2D eigenvalue weighted by Gasteiger charge is 2.25. The fourth-order valence-electron chi connectivity index (χ4n) is 1.69. The van der Waals surface area contributed by atoms with Crippen molar-refractivity contribution in [2.45, 2.75) is 37.6 Å². The molecule has 0 bridgehead atoms. The first kappa shape index (κ1) is 15.6. The maximum Gasteiger partial charge on any atom is 0.321 e. The molecule has 0 radical (unpaired) electrons. The number of benzene rings is 1. The molecule has 2 N–H and O–H groups in total. The van der Waals surface area contributed by atoms with Gasteiger partial charge < -0.3 is 5.11 Å². The summed E-state index contributed by atoms with van der Waals surface area (Å²) in [6.07, 6.45) is 0.719. The van der Waals surface area contributed by atoms with Crippen LogP contribution >= 0.6 is 0 Å². The second-order valence-electron chi connectivity index (χ2n) is 4.21. The zero-order valence-electron chi connectivity index (χ0n) is 10.7. The van der Waals surface area contributed by atoms with Gasteiger partial charge in [0, 0.05) is 0 Å². The van der Waals surface area contributed by atoms with E-state index in [9.17, 15) is 17.6 Å². The summed E-state index contributed by atoms with van der Waals surface area (Å²) in [5, 5.41) is 8.94. The number of aryl methyl sites for hydroxylation is 1. The fourth-order valence-corrected chi connectivity index (χ4v) is 3.14. The van der Waals surface area contributed by atoms with Gasteiger partial charge in [0.1, 0.15) is 11.9 Å². The van der Waals surface area contributed by atoms with Crippen LogP contribution in [0.25, 0.3) is 0 Å². The predicted octanol–water partition coefficient (Wildman–Crippen LogP) is 1.67. The van der Waals surface area contributed by atoms with Crippen molar-refractivity contribution >= 4 is 16.0 Å². The van der Waals surface area contributed by atoms with Gasteiger partial charge in [-0.15, -0.1) is 0 Å². The first-order chi connectivity index (χ1) is 8.77. The van der Waals surface area contributed by atoms with Crippen LogP contribution in [0, 0.1) is 12.7 Å². The van der Waals surface area contributed by atoms with Gasteiger partial charge in [-0.3, -0.25) is 4.79 Å². The van der Waals surface area contributed by atoms with Crippen molar-refractivity contribution in [2.24, 2.45) is 0 Å². The summed E-state index contributed by atoms with van der Waals surface area (Å²) in [5.41, 5.74) is 0.230. The molecular formula is C12H16FNO4S. The highest BCUT2D eigenvalue weighted by molar-refractivity contribution is 7.89. The number of carboxylic acid groups (broad SMARTS) is 1. The third kappa shape index (κ3) is 4.00. The van der Waals surface area contributed by atoms with Crippen molar-refractivity contribution in [3.05, 3.63) is 29.6 Å². The Morgan fingerprint density at radius 1 is 1.47 bits per heavy atom. The fraction of sp³-hybridized carbons (Fsp3) is 0.417. The number of aliphatic carboxylic acids is 1. The molecular weight excluding hydrogens is 273 g/mol. The Labute approximate surface area is 111 Å². The van der Waals surface area contributed by atoms with Crippen LogP contribution < -0.4 is 4.72 Å². The number of nitrogens with one attached hydrogen (secondary N) is 1. The zero-order chi connectivity index (χ0) is 14.6. The lowest BCUT2D eigenvalue weighted by Gasteiger charge is -2.15. The van der Waals surface area contributed by atoms with E-state index < -0.39 is 27.9 Å². The van der Waals surface area contributed by atoms with E-state index in [0.717, 1.165) is 18.2 Å². The molecule has 0 aliphatic carbocycles. The quantitative estimate of drug-likeness (QED) is 0.834. The summed E-state index contributed by atoms with van der Waals surface area (Å²) < 4.78 is 39.2. The molecule has 1 aromatic rings. The summed E-state index contributed by atoms with van der Waals surface area (Å²) in [5.74, 6) is -1.77. The molecule has 0 saturated carbocycles. The minimum absolute atomic E-state index is 0.115. The van der Waals surface area contributed by atoms with E-state index in [2.05, 4.69) is 4.72 Å². The lowest BCUT2D eigenvalue weighted by Crippen LogP contribution is -2.40. The summed E-state index contributed by atoms with van der Waals surface area (Å²) in [4.78, 5) is 10.8. The number of hydrogen-bond acceptors (Lipinski definition) is 3. The van der Waals surface area contributed by atoms with E-state index in [-0.39, 0.29) is 16.9 Å². The lowest BCUT2D eigenvalue weighted by molar-refractivity contribution is -0.139. The molecule has 0 spiro atoms. The van der Waals surface area contributed by atoms with Gasteiger partial charge in [0.15, 0.2) is 0 Å². The molecule has 0 heterocycles. The van der Waals surface area contributed by atoms with E-state index in [1.54, 1.807) is 6.92 Å². The SMILES string of the molecule is CCCC(NS(=O)(=O)c1ccc(F)cc1C)C(=O)O. The number of carbonyl (C=O) groups is 1. The smallest absolute Gasteiger partial charge is 0.321 e. The summed E-state index contributed by atoms with van der Waals surface area (Å²) in [6, 6.07) is 2.05. The molecule has 106 valence electrons. The van der Waals surface area contributed by atoms with Crippen molar-refractivity contribution in [1.82, 2.24) is 4.72 Å². The molecule has 1 unspecified atom stereocenters. The molecule has 0 aromatic heterocycles. The molecule has 7 heteroatoms. The number of rotatable bonds is 6. The van der Waals surface area contributed by atoms with Crippen LogP contribution in [0.4, 0.5) is 4.39 Å². The Morgan fingerprint density at radius 3 is 2.58 bits per heavy atom. The molecule has 1 rings (SSSR count). The first-order valence-corrected chi connectivity index (χ1v) is 7.27. The summed E-state index contributed by atoms with van der Waals surface area (Å²) >= 11 is 0. The number of hydrogen-bond donors (Lipinski definition) is 2. The van der Waals surface area contributed by atoms with Gasteiger partial charge in [-0.25, -0.2) is 12.8 Å². The lowest BCUT2D eigenvalue weighted by atomic mass is 10.2. The maximum absolute atomic E-state index is 12.9. The first-order valence-electron chi connectivity index (χ1n) is 5.79.